The van der Waals surface area contributed by atoms with Crippen LogP contribution in [0.2, 0.25) is 0 Å². The number of carbonyl (C=O) groups is 1. The molecule has 1 saturated heterocycles. The van der Waals surface area contributed by atoms with Crippen molar-refractivity contribution in [3.63, 3.8) is 0 Å². The average molecular weight is 346 g/mol. The van der Waals surface area contributed by atoms with Crippen LogP contribution in [0.4, 0.5) is 0 Å². The Morgan fingerprint density at radius 2 is 1.96 bits per heavy atom. The van der Waals surface area contributed by atoms with Gasteiger partial charge in [0.25, 0.3) is 5.91 Å². The zero-order valence-electron chi connectivity index (χ0n) is 14.9. The maximum atomic E-state index is 12.7. The molecule has 2 aromatic rings. The van der Waals surface area contributed by atoms with Gasteiger partial charge in [-0.1, -0.05) is 12.8 Å². The molecule has 2 heterocycles. The quantitative estimate of drug-likeness (QED) is 0.911. The summed E-state index contributed by atoms with van der Waals surface area (Å²) in [6, 6.07) is 5.80. The van der Waals surface area contributed by atoms with Crippen LogP contribution >= 0.6 is 11.3 Å². The highest BCUT2D eigenvalue weighted by Crippen LogP contribution is 2.23. The predicted molar refractivity (Wildman–Crippen MR) is 101 cm³/mol. The van der Waals surface area contributed by atoms with Crippen LogP contribution in [0, 0.1) is 6.92 Å². The third-order valence-corrected chi connectivity index (χ3v) is 5.48. The lowest BCUT2D eigenvalue weighted by Gasteiger charge is -2.33. The monoisotopic (exact) mass is 345 g/mol. The van der Waals surface area contributed by atoms with Crippen molar-refractivity contribution >= 4 is 27.5 Å². The van der Waals surface area contributed by atoms with Crippen molar-refractivity contribution in [2.24, 2.45) is 0 Å². The van der Waals surface area contributed by atoms with Crippen LogP contribution in [0.5, 0.6) is 0 Å². The molecule has 1 aliphatic heterocycles. The standard InChI is InChI=1S/C19H27N3OS/c1-14-20-16-12-15(8-9-17(16)24-14)18(23)21-19(2,3)13-22-10-6-4-5-7-11-22/h8-9,12H,4-7,10-11,13H2,1-3H3,(H,21,23). The fraction of sp³-hybridized carbons (Fsp3) is 0.579. The van der Waals surface area contributed by atoms with Crippen molar-refractivity contribution in [3.8, 4) is 0 Å². The highest BCUT2D eigenvalue weighted by molar-refractivity contribution is 7.18. The Labute approximate surface area is 148 Å². The smallest absolute Gasteiger partial charge is 0.251 e. The molecule has 0 spiro atoms. The van der Waals surface area contributed by atoms with Gasteiger partial charge in [0.05, 0.1) is 15.2 Å². The Hall–Kier alpha value is -1.46. The van der Waals surface area contributed by atoms with Gasteiger partial charge >= 0.3 is 0 Å². The fourth-order valence-corrected chi connectivity index (χ4v) is 4.26. The Bertz CT molecular complexity index is 714. The van der Waals surface area contributed by atoms with E-state index in [4.69, 9.17) is 0 Å². The number of aromatic nitrogens is 1. The summed E-state index contributed by atoms with van der Waals surface area (Å²) in [6.07, 6.45) is 5.19. The summed E-state index contributed by atoms with van der Waals surface area (Å²) in [4.78, 5) is 19.6. The van der Waals surface area contributed by atoms with E-state index in [1.165, 1.54) is 25.7 Å². The SMILES string of the molecule is Cc1nc2cc(C(=O)NC(C)(C)CN3CCCCCC3)ccc2s1. The maximum absolute atomic E-state index is 12.7. The number of thiazole rings is 1. The summed E-state index contributed by atoms with van der Waals surface area (Å²) in [6.45, 7) is 9.40. The average Bonchev–Trinajstić information content (AvgIpc) is 2.70. The van der Waals surface area contributed by atoms with Gasteiger partial charge in [-0.3, -0.25) is 4.79 Å². The van der Waals surface area contributed by atoms with Crippen LogP contribution in [0.15, 0.2) is 18.2 Å². The van der Waals surface area contributed by atoms with Crippen LogP contribution in [0.1, 0.15) is 54.9 Å². The molecule has 5 heteroatoms. The van der Waals surface area contributed by atoms with E-state index in [9.17, 15) is 4.79 Å². The number of fused-ring (bicyclic) bond motifs is 1. The normalized spacial score (nSPS) is 17.0. The third-order valence-electron chi connectivity index (χ3n) is 4.53. The van der Waals surface area contributed by atoms with E-state index in [1.807, 2.05) is 25.1 Å². The number of likely N-dealkylation sites (tertiary alicyclic amines) is 1. The lowest BCUT2D eigenvalue weighted by molar-refractivity contribution is 0.0888. The zero-order valence-corrected chi connectivity index (χ0v) is 15.7. The van der Waals surface area contributed by atoms with Gasteiger partial charge in [0.1, 0.15) is 0 Å². The van der Waals surface area contributed by atoms with E-state index >= 15 is 0 Å². The molecule has 4 nitrogen and oxygen atoms in total. The summed E-state index contributed by atoms with van der Waals surface area (Å²) in [5.41, 5.74) is 1.36. The minimum Gasteiger partial charge on any atom is -0.346 e. The fourth-order valence-electron chi connectivity index (χ4n) is 3.46. The van der Waals surface area contributed by atoms with E-state index < -0.39 is 0 Å². The molecule has 1 N–H and O–H groups in total. The van der Waals surface area contributed by atoms with E-state index in [2.05, 4.69) is 29.0 Å². The van der Waals surface area contributed by atoms with Crippen LogP contribution in [0.3, 0.4) is 0 Å². The van der Waals surface area contributed by atoms with Crippen LogP contribution in [0.25, 0.3) is 10.2 Å². The Balaban J connectivity index is 1.66. The molecule has 0 atom stereocenters. The molecule has 0 radical (unpaired) electrons. The highest BCUT2D eigenvalue weighted by Gasteiger charge is 2.25. The van der Waals surface area contributed by atoms with Gasteiger partial charge in [0.2, 0.25) is 0 Å². The molecule has 24 heavy (non-hydrogen) atoms. The maximum Gasteiger partial charge on any atom is 0.251 e. The van der Waals surface area contributed by atoms with E-state index in [0.717, 1.165) is 34.9 Å². The van der Waals surface area contributed by atoms with Gasteiger partial charge in [-0.05, 0) is 64.9 Å². The number of amides is 1. The first-order valence-corrected chi connectivity index (χ1v) is 9.67. The minimum absolute atomic E-state index is 0.0117. The number of rotatable bonds is 4. The highest BCUT2D eigenvalue weighted by atomic mass is 32.1. The molecule has 0 bridgehead atoms. The molecule has 1 aliphatic rings. The van der Waals surface area contributed by atoms with Gasteiger partial charge in [-0.2, -0.15) is 0 Å². The lowest BCUT2D eigenvalue weighted by atomic mass is 10.0. The van der Waals surface area contributed by atoms with Crippen molar-refractivity contribution in [2.45, 2.75) is 52.0 Å². The zero-order chi connectivity index (χ0) is 17.2. The Morgan fingerprint density at radius 3 is 2.67 bits per heavy atom. The molecule has 0 aliphatic carbocycles. The topological polar surface area (TPSA) is 45.2 Å². The summed E-state index contributed by atoms with van der Waals surface area (Å²) in [5.74, 6) is -0.0117. The molecule has 3 rings (SSSR count). The first kappa shape index (κ1) is 17.4. The van der Waals surface area contributed by atoms with E-state index in [0.29, 0.717) is 5.56 Å². The number of nitrogens with one attached hydrogen (secondary N) is 1. The number of nitrogens with zero attached hydrogens (tertiary/aromatic N) is 2. The summed E-state index contributed by atoms with van der Waals surface area (Å²) in [5, 5.41) is 4.24. The lowest BCUT2D eigenvalue weighted by Crippen LogP contribution is -2.51. The first-order valence-electron chi connectivity index (χ1n) is 8.85. The second-order valence-corrected chi connectivity index (χ2v) is 8.68. The van der Waals surface area contributed by atoms with Crippen molar-refractivity contribution in [2.75, 3.05) is 19.6 Å². The van der Waals surface area contributed by atoms with Crippen molar-refractivity contribution < 1.29 is 4.79 Å². The number of benzene rings is 1. The first-order chi connectivity index (χ1) is 11.4. The summed E-state index contributed by atoms with van der Waals surface area (Å²) < 4.78 is 1.13. The largest absolute Gasteiger partial charge is 0.346 e. The number of hydrogen-bond acceptors (Lipinski definition) is 4. The van der Waals surface area contributed by atoms with Gasteiger partial charge in [-0.25, -0.2) is 4.98 Å². The third kappa shape index (κ3) is 4.33. The van der Waals surface area contributed by atoms with Crippen LogP contribution in [-0.2, 0) is 0 Å². The molecule has 0 saturated carbocycles. The van der Waals surface area contributed by atoms with Crippen molar-refractivity contribution in [1.29, 1.82) is 0 Å². The van der Waals surface area contributed by atoms with Gasteiger partial charge in [0, 0.05) is 17.6 Å². The van der Waals surface area contributed by atoms with Gasteiger partial charge < -0.3 is 10.2 Å². The molecule has 1 fully saturated rings. The summed E-state index contributed by atoms with van der Waals surface area (Å²) >= 11 is 1.66. The Kier molecular flexibility index (Phi) is 5.21. The van der Waals surface area contributed by atoms with Crippen LogP contribution in [-0.4, -0.2) is 41.0 Å². The van der Waals surface area contributed by atoms with E-state index in [-0.39, 0.29) is 11.4 Å². The van der Waals surface area contributed by atoms with Gasteiger partial charge in [0.15, 0.2) is 0 Å². The number of hydrogen-bond donors (Lipinski definition) is 1. The number of carbonyl (C=O) groups excluding carboxylic acids is 1. The molecular weight excluding hydrogens is 318 g/mol. The summed E-state index contributed by atoms with van der Waals surface area (Å²) in [7, 11) is 0. The second kappa shape index (κ2) is 7.19. The Morgan fingerprint density at radius 1 is 1.25 bits per heavy atom. The van der Waals surface area contributed by atoms with Crippen LogP contribution < -0.4 is 5.32 Å². The molecule has 1 amide bonds. The van der Waals surface area contributed by atoms with Crippen molar-refractivity contribution in [3.05, 3.63) is 28.8 Å². The molecule has 0 unspecified atom stereocenters. The predicted octanol–water partition coefficient (Wildman–Crippen LogP) is 3.99. The minimum atomic E-state index is -0.242. The molecule has 1 aromatic heterocycles. The molecule has 1 aromatic carbocycles. The molecular formula is C19H27N3OS. The van der Waals surface area contributed by atoms with Gasteiger partial charge in [-0.15, -0.1) is 11.3 Å². The number of aryl methyl sites for hydroxylation is 1. The van der Waals surface area contributed by atoms with Crippen molar-refractivity contribution in [1.82, 2.24) is 15.2 Å². The molecule has 130 valence electrons. The van der Waals surface area contributed by atoms with E-state index in [1.54, 1.807) is 11.3 Å². The second-order valence-electron chi connectivity index (χ2n) is 7.44.